The molecule has 0 bridgehead atoms. The van der Waals surface area contributed by atoms with Crippen molar-refractivity contribution < 1.29 is 4.39 Å². The molecule has 17 heavy (non-hydrogen) atoms. The highest BCUT2D eigenvalue weighted by Gasteiger charge is 2.22. The minimum Gasteiger partial charge on any atom is -0.309 e. The van der Waals surface area contributed by atoms with Crippen LogP contribution < -0.4 is 5.32 Å². The lowest BCUT2D eigenvalue weighted by Crippen LogP contribution is -2.14. The second kappa shape index (κ2) is 4.30. The first kappa shape index (κ1) is 10.5. The van der Waals surface area contributed by atoms with Crippen LogP contribution in [0.5, 0.6) is 0 Å². The van der Waals surface area contributed by atoms with Gasteiger partial charge in [-0.3, -0.25) is 5.10 Å². The number of halogens is 1. The van der Waals surface area contributed by atoms with Gasteiger partial charge in [0.2, 0.25) is 0 Å². The van der Waals surface area contributed by atoms with Gasteiger partial charge in [0.15, 0.2) is 0 Å². The van der Waals surface area contributed by atoms with Crippen molar-refractivity contribution in [3.63, 3.8) is 0 Å². The Kier molecular flexibility index (Phi) is 2.65. The Bertz CT molecular complexity index is 515. The van der Waals surface area contributed by atoms with Crippen molar-refractivity contribution >= 4 is 0 Å². The fraction of sp³-hybridized carbons (Fsp3) is 0.308. The first-order valence-corrected chi connectivity index (χ1v) is 5.88. The molecule has 0 spiro atoms. The Morgan fingerprint density at radius 2 is 2.12 bits per heavy atom. The van der Waals surface area contributed by atoms with Crippen molar-refractivity contribution in [2.45, 2.75) is 18.9 Å². The van der Waals surface area contributed by atoms with E-state index in [1.807, 2.05) is 6.07 Å². The molecule has 0 aliphatic carbocycles. The lowest BCUT2D eigenvalue weighted by atomic mass is 10.0. The van der Waals surface area contributed by atoms with Crippen molar-refractivity contribution in [2.24, 2.45) is 0 Å². The normalized spacial score (nSPS) is 19.7. The molecule has 1 aromatic heterocycles. The van der Waals surface area contributed by atoms with E-state index < -0.39 is 0 Å². The van der Waals surface area contributed by atoms with Gasteiger partial charge in [-0.2, -0.15) is 5.10 Å². The molecule has 4 heteroatoms. The number of aromatic nitrogens is 2. The molecule has 1 atom stereocenters. The fourth-order valence-electron chi connectivity index (χ4n) is 2.39. The standard InChI is InChI=1S/C13H14FN3/c14-11-5-2-1-4-9(11)10-8-16-17-13(10)12-6-3-7-15-12/h1-2,4-5,8,12,15H,3,6-7H2,(H,16,17)/t12-/m1/s1. The molecule has 3 rings (SSSR count). The molecule has 0 saturated carbocycles. The van der Waals surface area contributed by atoms with Crippen LogP contribution in [0.25, 0.3) is 11.1 Å². The smallest absolute Gasteiger partial charge is 0.131 e. The Hall–Kier alpha value is -1.68. The molecule has 0 radical (unpaired) electrons. The van der Waals surface area contributed by atoms with Crippen LogP contribution in [-0.2, 0) is 0 Å². The van der Waals surface area contributed by atoms with Gasteiger partial charge >= 0.3 is 0 Å². The molecule has 2 heterocycles. The Morgan fingerprint density at radius 3 is 2.88 bits per heavy atom. The highest BCUT2D eigenvalue weighted by atomic mass is 19.1. The lowest BCUT2D eigenvalue weighted by molar-refractivity contribution is 0.620. The van der Waals surface area contributed by atoms with E-state index in [1.165, 1.54) is 6.07 Å². The van der Waals surface area contributed by atoms with E-state index in [4.69, 9.17) is 0 Å². The molecule has 1 fully saturated rings. The van der Waals surface area contributed by atoms with Gasteiger partial charge in [0.05, 0.1) is 11.9 Å². The van der Waals surface area contributed by atoms with Crippen LogP contribution in [0.4, 0.5) is 4.39 Å². The van der Waals surface area contributed by atoms with Crippen LogP contribution in [0.1, 0.15) is 24.6 Å². The quantitative estimate of drug-likeness (QED) is 0.834. The number of hydrogen-bond donors (Lipinski definition) is 2. The van der Waals surface area contributed by atoms with Gasteiger partial charge in [-0.05, 0) is 25.5 Å². The number of nitrogens with one attached hydrogen (secondary N) is 2. The Morgan fingerprint density at radius 1 is 1.24 bits per heavy atom. The summed E-state index contributed by atoms with van der Waals surface area (Å²) in [6.07, 6.45) is 3.93. The van der Waals surface area contributed by atoms with Crippen LogP contribution in [0.15, 0.2) is 30.5 Å². The minimum absolute atomic E-state index is 0.201. The van der Waals surface area contributed by atoms with Crippen molar-refractivity contribution in [1.29, 1.82) is 0 Å². The second-order valence-corrected chi connectivity index (χ2v) is 4.33. The summed E-state index contributed by atoms with van der Waals surface area (Å²) in [5.41, 5.74) is 2.47. The number of benzene rings is 1. The summed E-state index contributed by atoms with van der Waals surface area (Å²) >= 11 is 0. The van der Waals surface area contributed by atoms with Crippen molar-refractivity contribution in [3.05, 3.63) is 42.0 Å². The van der Waals surface area contributed by atoms with Gasteiger partial charge in [0.1, 0.15) is 5.82 Å². The van der Waals surface area contributed by atoms with Crippen LogP contribution in [0, 0.1) is 5.82 Å². The average molecular weight is 231 g/mol. The monoisotopic (exact) mass is 231 g/mol. The molecule has 88 valence electrons. The topological polar surface area (TPSA) is 40.7 Å². The summed E-state index contributed by atoms with van der Waals surface area (Å²) in [5, 5.41) is 10.4. The van der Waals surface area contributed by atoms with Gasteiger partial charge in [0, 0.05) is 17.2 Å². The maximum Gasteiger partial charge on any atom is 0.131 e. The summed E-state index contributed by atoms with van der Waals surface area (Å²) in [6, 6.07) is 7.09. The number of rotatable bonds is 2. The van der Waals surface area contributed by atoms with Gasteiger partial charge in [-0.1, -0.05) is 18.2 Å². The molecule has 1 aromatic carbocycles. The number of aromatic amines is 1. The van der Waals surface area contributed by atoms with E-state index >= 15 is 0 Å². The van der Waals surface area contributed by atoms with Gasteiger partial charge in [0.25, 0.3) is 0 Å². The summed E-state index contributed by atoms with van der Waals surface area (Å²) in [5.74, 6) is -0.201. The molecule has 0 amide bonds. The Labute approximate surface area is 99.1 Å². The maximum absolute atomic E-state index is 13.8. The second-order valence-electron chi connectivity index (χ2n) is 4.33. The lowest BCUT2D eigenvalue weighted by Gasteiger charge is -2.11. The van der Waals surface area contributed by atoms with Crippen molar-refractivity contribution in [1.82, 2.24) is 15.5 Å². The zero-order chi connectivity index (χ0) is 11.7. The molecule has 1 aliphatic rings. The minimum atomic E-state index is -0.201. The van der Waals surface area contributed by atoms with E-state index in [-0.39, 0.29) is 11.9 Å². The molecule has 3 nitrogen and oxygen atoms in total. The predicted molar refractivity (Wildman–Crippen MR) is 64.0 cm³/mol. The average Bonchev–Trinajstić information content (AvgIpc) is 3.00. The zero-order valence-corrected chi connectivity index (χ0v) is 9.41. The maximum atomic E-state index is 13.8. The van der Waals surface area contributed by atoms with E-state index in [0.717, 1.165) is 30.6 Å². The first-order valence-electron chi connectivity index (χ1n) is 5.88. The fourth-order valence-corrected chi connectivity index (χ4v) is 2.39. The van der Waals surface area contributed by atoms with Gasteiger partial charge in [-0.25, -0.2) is 4.39 Å². The highest BCUT2D eigenvalue weighted by Crippen LogP contribution is 2.31. The van der Waals surface area contributed by atoms with Gasteiger partial charge in [-0.15, -0.1) is 0 Å². The first-order chi connectivity index (χ1) is 8.36. The molecule has 1 saturated heterocycles. The summed E-state index contributed by atoms with van der Waals surface area (Å²) in [6.45, 7) is 1.01. The molecular formula is C13H14FN3. The summed E-state index contributed by atoms with van der Waals surface area (Å²) < 4.78 is 13.8. The van der Waals surface area contributed by atoms with Crippen LogP contribution in [0.3, 0.4) is 0 Å². The highest BCUT2D eigenvalue weighted by molar-refractivity contribution is 5.66. The van der Waals surface area contributed by atoms with Crippen LogP contribution >= 0.6 is 0 Å². The third-order valence-electron chi connectivity index (χ3n) is 3.24. The molecule has 2 N–H and O–H groups in total. The van der Waals surface area contributed by atoms with Crippen molar-refractivity contribution in [2.75, 3.05) is 6.54 Å². The van der Waals surface area contributed by atoms with E-state index in [0.29, 0.717) is 5.56 Å². The SMILES string of the molecule is Fc1ccccc1-c1cn[nH]c1[C@H]1CCCN1. The largest absolute Gasteiger partial charge is 0.309 e. The molecule has 0 unspecified atom stereocenters. The van der Waals surface area contributed by atoms with E-state index in [2.05, 4.69) is 15.5 Å². The van der Waals surface area contributed by atoms with E-state index in [1.54, 1.807) is 18.3 Å². The molecular weight excluding hydrogens is 217 g/mol. The van der Waals surface area contributed by atoms with Crippen LogP contribution in [-0.4, -0.2) is 16.7 Å². The Balaban J connectivity index is 2.04. The summed E-state index contributed by atoms with van der Waals surface area (Å²) in [7, 11) is 0. The van der Waals surface area contributed by atoms with Crippen molar-refractivity contribution in [3.8, 4) is 11.1 Å². The van der Waals surface area contributed by atoms with E-state index in [9.17, 15) is 4.39 Å². The number of H-pyrrole nitrogens is 1. The number of hydrogen-bond acceptors (Lipinski definition) is 2. The van der Waals surface area contributed by atoms with Crippen LogP contribution in [0.2, 0.25) is 0 Å². The third kappa shape index (κ3) is 1.85. The third-order valence-corrected chi connectivity index (χ3v) is 3.24. The molecule has 1 aliphatic heterocycles. The zero-order valence-electron chi connectivity index (χ0n) is 9.41. The molecule has 2 aromatic rings. The number of nitrogens with zero attached hydrogens (tertiary/aromatic N) is 1. The predicted octanol–water partition coefficient (Wildman–Crippen LogP) is 2.64. The summed E-state index contributed by atoms with van der Waals surface area (Å²) in [4.78, 5) is 0. The van der Waals surface area contributed by atoms with Gasteiger partial charge < -0.3 is 5.32 Å².